The predicted molar refractivity (Wildman–Crippen MR) is 104 cm³/mol. The number of carbonyl (C=O) groups is 1. The molecule has 0 atom stereocenters. The molecule has 7 heteroatoms. The average molecular weight is 383 g/mol. The molecular weight excluding hydrogens is 364 g/mol. The summed E-state index contributed by atoms with van der Waals surface area (Å²) < 4.78 is 5.37. The predicted octanol–water partition coefficient (Wildman–Crippen LogP) is 3.28. The second-order valence-corrected chi connectivity index (χ2v) is 6.86. The van der Waals surface area contributed by atoms with Gasteiger partial charge >= 0.3 is 0 Å². The van der Waals surface area contributed by atoms with Crippen LogP contribution in [0.15, 0.2) is 59.3 Å². The van der Waals surface area contributed by atoms with Crippen molar-refractivity contribution in [3.63, 3.8) is 0 Å². The molecule has 0 saturated carbocycles. The molecule has 1 saturated heterocycles. The molecule has 27 heavy (non-hydrogen) atoms. The van der Waals surface area contributed by atoms with Crippen LogP contribution in [0.5, 0.6) is 0 Å². The van der Waals surface area contributed by atoms with Crippen LogP contribution in [0.1, 0.15) is 5.69 Å². The molecule has 3 aromatic rings. The molecule has 0 N–H and O–H groups in total. The van der Waals surface area contributed by atoms with E-state index in [4.69, 9.17) is 16.1 Å². The lowest BCUT2D eigenvalue weighted by molar-refractivity contribution is -0.130. The Hall–Kier alpha value is -2.86. The number of anilines is 1. The van der Waals surface area contributed by atoms with Crippen LogP contribution in [0.2, 0.25) is 5.02 Å². The van der Waals surface area contributed by atoms with E-state index in [0.717, 1.165) is 24.5 Å². The van der Waals surface area contributed by atoms with E-state index in [1.54, 1.807) is 18.3 Å². The van der Waals surface area contributed by atoms with Crippen molar-refractivity contribution < 1.29 is 9.32 Å². The Labute approximate surface area is 162 Å². The minimum absolute atomic E-state index is 0.0617. The summed E-state index contributed by atoms with van der Waals surface area (Å²) in [5.74, 6) is 1.65. The second kappa shape index (κ2) is 7.80. The lowest BCUT2D eigenvalue weighted by Crippen LogP contribution is -2.49. The maximum absolute atomic E-state index is 12.6. The van der Waals surface area contributed by atoms with E-state index in [2.05, 4.69) is 15.0 Å². The zero-order valence-electron chi connectivity index (χ0n) is 14.7. The van der Waals surface area contributed by atoms with Crippen molar-refractivity contribution in [1.29, 1.82) is 0 Å². The van der Waals surface area contributed by atoms with Gasteiger partial charge < -0.3 is 14.3 Å². The van der Waals surface area contributed by atoms with E-state index in [1.165, 1.54) is 0 Å². The highest BCUT2D eigenvalue weighted by molar-refractivity contribution is 6.30. The maximum atomic E-state index is 12.6. The van der Waals surface area contributed by atoms with Crippen LogP contribution in [0.25, 0.3) is 11.3 Å². The number of rotatable bonds is 4. The van der Waals surface area contributed by atoms with E-state index < -0.39 is 0 Å². The molecule has 0 spiro atoms. The van der Waals surface area contributed by atoms with Gasteiger partial charge in [-0.15, -0.1) is 0 Å². The summed E-state index contributed by atoms with van der Waals surface area (Å²) in [7, 11) is 0. The van der Waals surface area contributed by atoms with E-state index >= 15 is 0 Å². The Morgan fingerprint density at radius 2 is 1.85 bits per heavy atom. The van der Waals surface area contributed by atoms with E-state index in [1.807, 2.05) is 41.3 Å². The fourth-order valence-corrected chi connectivity index (χ4v) is 3.26. The van der Waals surface area contributed by atoms with Crippen molar-refractivity contribution in [2.45, 2.75) is 6.42 Å². The zero-order valence-corrected chi connectivity index (χ0v) is 15.5. The van der Waals surface area contributed by atoms with Crippen LogP contribution >= 0.6 is 11.6 Å². The minimum Gasteiger partial charge on any atom is -0.356 e. The first-order chi connectivity index (χ1) is 13.2. The summed E-state index contributed by atoms with van der Waals surface area (Å²) in [5, 5.41) is 4.70. The lowest BCUT2D eigenvalue weighted by Gasteiger charge is -2.35. The molecule has 4 rings (SSSR count). The number of amides is 1. The monoisotopic (exact) mass is 382 g/mol. The number of hydrogen-bond acceptors (Lipinski definition) is 5. The Morgan fingerprint density at radius 1 is 1.07 bits per heavy atom. The third-order valence-electron chi connectivity index (χ3n) is 4.63. The quantitative estimate of drug-likeness (QED) is 0.693. The highest BCUT2D eigenvalue weighted by Crippen LogP contribution is 2.23. The van der Waals surface area contributed by atoms with Crippen molar-refractivity contribution in [2.75, 3.05) is 31.1 Å². The number of pyridine rings is 1. The van der Waals surface area contributed by atoms with E-state index in [-0.39, 0.29) is 12.3 Å². The van der Waals surface area contributed by atoms with Crippen LogP contribution in [-0.4, -0.2) is 47.1 Å². The number of aromatic nitrogens is 2. The first-order valence-corrected chi connectivity index (χ1v) is 9.22. The van der Waals surface area contributed by atoms with Gasteiger partial charge in [-0.3, -0.25) is 4.79 Å². The Bertz CT molecular complexity index is 903. The second-order valence-electron chi connectivity index (χ2n) is 6.42. The molecule has 6 nitrogen and oxygen atoms in total. The molecule has 1 aliphatic rings. The molecule has 2 aromatic heterocycles. The standard InChI is InChI=1S/C20H19ClN4O2/c21-16-6-4-15(5-7-16)18-13-17(23-27-18)14-20(26)25-11-9-24(10-12-25)19-3-1-2-8-22-19/h1-8,13H,9-12,14H2. The SMILES string of the molecule is O=C(Cc1cc(-c2ccc(Cl)cc2)on1)N1CCN(c2ccccn2)CC1. The summed E-state index contributed by atoms with van der Waals surface area (Å²) in [6.07, 6.45) is 2.02. The summed E-state index contributed by atoms with van der Waals surface area (Å²) in [6.45, 7) is 2.91. The molecule has 0 bridgehead atoms. The molecular formula is C20H19ClN4O2. The van der Waals surface area contributed by atoms with Gasteiger partial charge in [-0.1, -0.05) is 22.8 Å². The maximum Gasteiger partial charge on any atom is 0.228 e. The van der Waals surface area contributed by atoms with Gasteiger partial charge in [0.05, 0.1) is 12.1 Å². The van der Waals surface area contributed by atoms with Crippen LogP contribution in [0.4, 0.5) is 5.82 Å². The van der Waals surface area contributed by atoms with Gasteiger partial charge in [0.15, 0.2) is 5.76 Å². The molecule has 1 fully saturated rings. The lowest BCUT2D eigenvalue weighted by atomic mass is 10.1. The molecule has 1 aliphatic heterocycles. The Balaban J connectivity index is 1.34. The van der Waals surface area contributed by atoms with Crippen molar-refractivity contribution in [3.8, 4) is 11.3 Å². The summed E-state index contributed by atoms with van der Waals surface area (Å²) in [4.78, 5) is 21.0. The molecule has 138 valence electrons. The largest absolute Gasteiger partial charge is 0.356 e. The number of halogens is 1. The number of piperazine rings is 1. The van der Waals surface area contributed by atoms with Gasteiger partial charge in [-0.2, -0.15) is 0 Å². The van der Waals surface area contributed by atoms with E-state index in [9.17, 15) is 4.79 Å². The smallest absolute Gasteiger partial charge is 0.228 e. The van der Waals surface area contributed by atoms with Crippen molar-refractivity contribution in [1.82, 2.24) is 15.0 Å². The fraction of sp³-hybridized carbons (Fsp3) is 0.250. The molecule has 0 unspecified atom stereocenters. The topological polar surface area (TPSA) is 62.5 Å². The normalized spacial score (nSPS) is 14.4. The van der Waals surface area contributed by atoms with Crippen LogP contribution in [0, 0.1) is 0 Å². The summed E-state index contributed by atoms with van der Waals surface area (Å²) >= 11 is 5.90. The number of nitrogens with zero attached hydrogens (tertiary/aromatic N) is 4. The van der Waals surface area contributed by atoms with Crippen LogP contribution in [-0.2, 0) is 11.2 Å². The molecule has 0 aliphatic carbocycles. The minimum atomic E-state index is 0.0617. The number of hydrogen-bond donors (Lipinski definition) is 0. The van der Waals surface area contributed by atoms with Gasteiger partial charge in [0.2, 0.25) is 5.91 Å². The molecule has 3 heterocycles. The van der Waals surface area contributed by atoms with Gasteiger partial charge in [-0.25, -0.2) is 4.98 Å². The van der Waals surface area contributed by atoms with Crippen LogP contribution in [0.3, 0.4) is 0 Å². The molecule has 1 amide bonds. The Morgan fingerprint density at radius 3 is 2.56 bits per heavy atom. The first kappa shape index (κ1) is 17.5. The van der Waals surface area contributed by atoms with Gasteiger partial charge in [0, 0.05) is 49.0 Å². The zero-order chi connectivity index (χ0) is 18.6. The number of benzene rings is 1. The molecule has 1 aromatic carbocycles. The van der Waals surface area contributed by atoms with Crippen molar-refractivity contribution >= 4 is 23.3 Å². The van der Waals surface area contributed by atoms with Gasteiger partial charge in [0.25, 0.3) is 0 Å². The summed E-state index contributed by atoms with van der Waals surface area (Å²) in [6, 6.07) is 15.0. The van der Waals surface area contributed by atoms with Crippen molar-refractivity contribution in [3.05, 3.63) is 65.4 Å². The highest BCUT2D eigenvalue weighted by atomic mass is 35.5. The van der Waals surface area contributed by atoms with Gasteiger partial charge in [0.1, 0.15) is 5.82 Å². The Kier molecular flexibility index (Phi) is 5.07. The van der Waals surface area contributed by atoms with Gasteiger partial charge in [-0.05, 0) is 36.4 Å². The van der Waals surface area contributed by atoms with Crippen LogP contribution < -0.4 is 4.90 Å². The van der Waals surface area contributed by atoms with Crippen molar-refractivity contribution in [2.24, 2.45) is 0 Å². The highest BCUT2D eigenvalue weighted by Gasteiger charge is 2.22. The fourth-order valence-electron chi connectivity index (χ4n) is 3.14. The molecule has 0 radical (unpaired) electrons. The summed E-state index contributed by atoms with van der Waals surface area (Å²) in [5.41, 5.74) is 1.52. The third-order valence-corrected chi connectivity index (χ3v) is 4.88. The van der Waals surface area contributed by atoms with E-state index in [0.29, 0.717) is 29.6 Å². The first-order valence-electron chi connectivity index (χ1n) is 8.84. The third kappa shape index (κ3) is 4.11. The number of carbonyl (C=O) groups excluding carboxylic acids is 1. The average Bonchev–Trinajstić information content (AvgIpc) is 3.18.